The average Bonchev–Trinajstić information content (AvgIpc) is 2.93. The number of likely N-dealkylation sites (tertiary alicyclic amines) is 1. The van der Waals surface area contributed by atoms with Crippen LogP contribution in [0.3, 0.4) is 0 Å². The summed E-state index contributed by atoms with van der Waals surface area (Å²) in [5, 5.41) is 2.92. The van der Waals surface area contributed by atoms with Gasteiger partial charge in [-0.2, -0.15) is 0 Å². The van der Waals surface area contributed by atoms with Gasteiger partial charge in [-0.05, 0) is 37.5 Å². The van der Waals surface area contributed by atoms with Gasteiger partial charge in [0.15, 0.2) is 0 Å². The van der Waals surface area contributed by atoms with E-state index in [2.05, 4.69) is 5.32 Å². The van der Waals surface area contributed by atoms with Crippen molar-refractivity contribution in [2.75, 3.05) is 18.4 Å². The second-order valence-electron chi connectivity index (χ2n) is 6.96. The molecule has 0 atom stereocenters. The van der Waals surface area contributed by atoms with Crippen LogP contribution in [0.1, 0.15) is 47.2 Å². The monoisotopic (exact) mass is 350 g/mol. The molecule has 136 valence electrons. The van der Waals surface area contributed by atoms with Gasteiger partial charge in [0.25, 0.3) is 5.91 Å². The zero-order chi connectivity index (χ0) is 18.4. The molecule has 0 aliphatic carbocycles. The fourth-order valence-corrected chi connectivity index (χ4v) is 3.31. The number of aryl methyl sites for hydroxylation is 1. The largest absolute Gasteiger partial charge is 0.339 e. The third-order valence-corrected chi connectivity index (χ3v) is 4.81. The van der Waals surface area contributed by atoms with E-state index < -0.39 is 0 Å². The number of benzene rings is 2. The molecule has 1 aliphatic rings. The number of carbonyl (C=O) groups excluding carboxylic acids is 2. The minimum atomic E-state index is -0.107. The SMILES string of the molecule is Cc1ccc(CC(=O)Nc2ccccc2C(=O)N2CCCCCC2)cc1. The molecule has 3 rings (SSSR count). The van der Waals surface area contributed by atoms with Gasteiger partial charge in [0.2, 0.25) is 5.91 Å². The van der Waals surface area contributed by atoms with Gasteiger partial charge >= 0.3 is 0 Å². The number of nitrogens with zero attached hydrogens (tertiary/aromatic N) is 1. The Balaban J connectivity index is 1.70. The molecule has 0 radical (unpaired) electrons. The van der Waals surface area contributed by atoms with Crippen LogP contribution in [-0.2, 0) is 11.2 Å². The minimum Gasteiger partial charge on any atom is -0.339 e. The highest BCUT2D eigenvalue weighted by Crippen LogP contribution is 2.20. The van der Waals surface area contributed by atoms with Crippen LogP contribution in [-0.4, -0.2) is 29.8 Å². The zero-order valence-corrected chi connectivity index (χ0v) is 15.3. The predicted octanol–water partition coefficient (Wildman–Crippen LogP) is 4.19. The first-order valence-corrected chi connectivity index (χ1v) is 9.37. The van der Waals surface area contributed by atoms with E-state index in [1.807, 2.05) is 48.2 Å². The van der Waals surface area contributed by atoms with Gasteiger partial charge in [0, 0.05) is 13.1 Å². The Bertz CT molecular complexity index is 760. The van der Waals surface area contributed by atoms with E-state index in [-0.39, 0.29) is 11.8 Å². The molecular formula is C22H26N2O2. The molecule has 0 bridgehead atoms. The molecule has 2 amide bonds. The van der Waals surface area contributed by atoms with Crippen LogP contribution >= 0.6 is 0 Å². The first-order chi connectivity index (χ1) is 12.6. The molecular weight excluding hydrogens is 324 g/mol. The van der Waals surface area contributed by atoms with Crippen LogP contribution in [0.2, 0.25) is 0 Å². The van der Waals surface area contributed by atoms with Gasteiger partial charge in [0.1, 0.15) is 0 Å². The van der Waals surface area contributed by atoms with E-state index in [1.165, 1.54) is 18.4 Å². The number of rotatable bonds is 4. The topological polar surface area (TPSA) is 49.4 Å². The Morgan fingerprint density at radius 1 is 0.923 bits per heavy atom. The van der Waals surface area contributed by atoms with Crippen molar-refractivity contribution in [2.24, 2.45) is 0 Å². The molecule has 2 aromatic carbocycles. The summed E-state index contributed by atoms with van der Waals surface area (Å²) in [6, 6.07) is 15.2. The average molecular weight is 350 g/mol. The third kappa shape index (κ3) is 4.72. The van der Waals surface area contributed by atoms with E-state index in [1.54, 1.807) is 12.1 Å². The maximum Gasteiger partial charge on any atom is 0.255 e. The van der Waals surface area contributed by atoms with Crippen molar-refractivity contribution < 1.29 is 9.59 Å². The summed E-state index contributed by atoms with van der Waals surface area (Å²) in [5.41, 5.74) is 3.30. The van der Waals surface area contributed by atoms with E-state index in [0.717, 1.165) is 31.5 Å². The highest BCUT2D eigenvalue weighted by molar-refractivity contribution is 6.04. The first kappa shape index (κ1) is 18.2. The standard InChI is InChI=1S/C22H26N2O2/c1-17-10-12-18(13-11-17)16-21(25)23-20-9-5-4-8-19(20)22(26)24-14-6-2-3-7-15-24/h4-5,8-13H,2-3,6-7,14-16H2,1H3,(H,23,25). The molecule has 1 heterocycles. The van der Waals surface area contributed by atoms with Gasteiger partial charge in [-0.3, -0.25) is 9.59 Å². The fraction of sp³-hybridized carbons (Fsp3) is 0.364. The number of anilines is 1. The van der Waals surface area contributed by atoms with Crippen LogP contribution in [0.5, 0.6) is 0 Å². The molecule has 1 N–H and O–H groups in total. The summed E-state index contributed by atoms with van der Waals surface area (Å²) in [7, 11) is 0. The minimum absolute atomic E-state index is 0.0122. The van der Waals surface area contributed by atoms with Crippen molar-refractivity contribution >= 4 is 17.5 Å². The molecule has 4 nitrogen and oxygen atoms in total. The van der Waals surface area contributed by atoms with Crippen LogP contribution in [0.25, 0.3) is 0 Å². The molecule has 1 fully saturated rings. The van der Waals surface area contributed by atoms with E-state index in [0.29, 0.717) is 17.7 Å². The molecule has 1 saturated heterocycles. The number of para-hydroxylation sites is 1. The maximum atomic E-state index is 12.9. The molecule has 2 aromatic rings. The number of hydrogen-bond donors (Lipinski definition) is 1. The maximum absolute atomic E-state index is 12.9. The molecule has 0 spiro atoms. The number of carbonyl (C=O) groups is 2. The van der Waals surface area contributed by atoms with Gasteiger partial charge in [0.05, 0.1) is 17.7 Å². The summed E-state index contributed by atoms with van der Waals surface area (Å²) in [6.45, 7) is 3.61. The lowest BCUT2D eigenvalue weighted by atomic mass is 10.1. The van der Waals surface area contributed by atoms with Crippen molar-refractivity contribution in [3.05, 3.63) is 65.2 Å². The Morgan fingerprint density at radius 2 is 1.58 bits per heavy atom. The van der Waals surface area contributed by atoms with Crippen molar-refractivity contribution in [3.63, 3.8) is 0 Å². The number of amides is 2. The predicted molar refractivity (Wildman–Crippen MR) is 104 cm³/mol. The number of hydrogen-bond acceptors (Lipinski definition) is 2. The number of nitrogens with one attached hydrogen (secondary N) is 1. The van der Waals surface area contributed by atoms with Gasteiger partial charge < -0.3 is 10.2 Å². The van der Waals surface area contributed by atoms with Crippen molar-refractivity contribution in [1.29, 1.82) is 0 Å². The van der Waals surface area contributed by atoms with Crippen LogP contribution < -0.4 is 5.32 Å². The van der Waals surface area contributed by atoms with Crippen molar-refractivity contribution in [2.45, 2.75) is 39.0 Å². The van der Waals surface area contributed by atoms with E-state index >= 15 is 0 Å². The summed E-state index contributed by atoms with van der Waals surface area (Å²) in [5.74, 6) is -0.0943. The van der Waals surface area contributed by atoms with Crippen molar-refractivity contribution in [3.8, 4) is 0 Å². The van der Waals surface area contributed by atoms with Crippen molar-refractivity contribution in [1.82, 2.24) is 4.90 Å². The molecule has 0 saturated carbocycles. The Morgan fingerprint density at radius 3 is 2.27 bits per heavy atom. The molecule has 1 aliphatic heterocycles. The van der Waals surface area contributed by atoms with Crippen LogP contribution in [0.4, 0.5) is 5.69 Å². The van der Waals surface area contributed by atoms with E-state index in [9.17, 15) is 9.59 Å². The molecule has 26 heavy (non-hydrogen) atoms. The van der Waals surface area contributed by atoms with Crippen LogP contribution in [0.15, 0.2) is 48.5 Å². The summed E-state index contributed by atoms with van der Waals surface area (Å²) < 4.78 is 0. The highest BCUT2D eigenvalue weighted by atomic mass is 16.2. The normalized spacial score (nSPS) is 14.6. The lowest BCUT2D eigenvalue weighted by Crippen LogP contribution is -2.32. The summed E-state index contributed by atoms with van der Waals surface area (Å²) in [6.07, 6.45) is 4.76. The Hall–Kier alpha value is -2.62. The highest BCUT2D eigenvalue weighted by Gasteiger charge is 2.20. The summed E-state index contributed by atoms with van der Waals surface area (Å²) in [4.78, 5) is 27.3. The second-order valence-corrected chi connectivity index (χ2v) is 6.96. The quantitative estimate of drug-likeness (QED) is 0.899. The lowest BCUT2D eigenvalue weighted by molar-refractivity contribution is -0.115. The molecule has 0 unspecified atom stereocenters. The Kier molecular flexibility index (Phi) is 6.05. The smallest absolute Gasteiger partial charge is 0.255 e. The van der Waals surface area contributed by atoms with Gasteiger partial charge in [-0.1, -0.05) is 54.8 Å². The van der Waals surface area contributed by atoms with Gasteiger partial charge in [-0.15, -0.1) is 0 Å². The Labute approximate surface area is 155 Å². The summed E-state index contributed by atoms with van der Waals surface area (Å²) >= 11 is 0. The molecule has 0 aromatic heterocycles. The van der Waals surface area contributed by atoms with Gasteiger partial charge in [-0.25, -0.2) is 0 Å². The van der Waals surface area contributed by atoms with E-state index in [4.69, 9.17) is 0 Å². The molecule has 4 heteroatoms. The van der Waals surface area contributed by atoms with Crippen LogP contribution in [0, 0.1) is 6.92 Å². The zero-order valence-electron chi connectivity index (χ0n) is 15.3. The first-order valence-electron chi connectivity index (χ1n) is 9.37. The third-order valence-electron chi connectivity index (χ3n) is 4.81. The fourth-order valence-electron chi connectivity index (χ4n) is 3.31. The lowest BCUT2D eigenvalue weighted by Gasteiger charge is -2.22. The second kappa shape index (κ2) is 8.65.